The van der Waals surface area contributed by atoms with Crippen molar-refractivity contribution in [3.63, 3.8) is 0 Å². The Kier molecular flexibility index (Phi) is 7.73. The predicted molar refractivity (Wildman–Crippen MR) is 80.6 cm³/mol. The average Bonchev–Trinajstić information content (AvgIpc) is 2.46. The molecule has 1 aromatic carbocycles. The highest BCUT2D eigenvalue weighted by Crippen LogP contribution is 2.16. The Morgan fingerprint density at radius 3 is 2.59 bits per heavy atom. The van der Waals surface area contributed by atoms with E-state index in [-0.39, 0.29) is 6.61 Å². The Bertz CT molecular complexity index is 475. The normalized spacial score (nSPS) is 12.3. The third kappa shape index (κ3) is 7.87. The topological polar surface area (TPSA) is 45.7 Å². The van der Waals surface area contributed by atoms with Gasteiger partial charge in [0.25, 0.3) is 0 Å². The molecule has 0 saturated carbocycles. The van der Waals surface area contributed by atoms with Crippen LogP contribution >= 0.6 is 0 Å². The quantitative estimate of drug-likeness (QED) is 0.600. The van der Waals surface area contributed by atoms with Gasteiger partial charge < -0.3 is 15.4 Å². The number of halogens is 3. The minimum Gasteiger partial charge on any atom is -0.367 e. The monoisotopic (exact) mass is 317 g/mol. The summed E-state index contributed by atoms with van der Waals surface area (Å²) < 4.78 is 40.8. The molecule has 0 bridgehead atoms. The van der Waals surface area contributed by atoms with E-state index in [4.69, 9.17) is 0 Å². The first-order chi connectivity index (χ1) is 10.4. The standard InChI is InChI=1S/C15H22F3N3O/c1-3-7-20-14(19-2)21-9-12-5-4-6-13(8-12)10-22-11-15(16,17)18/h4-6,8H,3,7,9-11H2,1-2H3,(H2,19,20,21). The molecule has 0 spiro atoms. The zero-order valence-electron chi connectivity index (χ0n) is 12.8. The molecule has 22 heavy (non-hydrogen) atoms. The maximum atomic E-state index is 12.0. The van der Waals surface area contributed by atoms with Crippen molar-refractivity contribution in [2.24, 2.45) is 4.99 Å². The first-order valence-corrected chi connectivity index (χ1v) is 7.11. The Morgan fingerprint density at radius 1 is 1.23 bits per heavy atom. The van der Waals surface area contributed by atoms with E-state index in [9.17, 15) is 13.2 Å². The largest absolute Gasteiger partial charge is 0.411 e. The molecular weight excluding hydrogens is 295 g/mol. The third-order valence-electron chi connectivity index (χ3n) is 2.75. The van der Waals surface area contributed by atoms with Crippen LogP contribution in [0.2, 0.25) is 0 Å². The highest BCUT2D eigenvalue weighted by molar-refractivity contribution is 5.79. The van der Waals surface area contributed by atoms with E-state index in [0.29, 0.717) is 18.1 Å². The van der Waals surface area contributed by atoms with Crippen molar-refractivity contribution < 1.29 is 17.9 Å². The molecule has 2 N–H and O–H groups in total. The van der Waals surface area contributed by atoms with E-state index in [1.807, 2.05) is 12.1 Å². The van der Waals surface area contributed by atoms with Crippen molar-refractivity contribution in [3.05, 3.63) is 35.4 Å². The maximum absolute atomic E-state index is 12.0. The van der Waals surface area contributed by atoms with Gasteiger partial charge in [-0.15, -0.1) is 0 Å². The minimum atomic E-state index is -4.30. The van der Waals surface area contributed by atoms with Gasteiger partial charge in [0.2, 0.25) is 0 Å². The summed E-state index contributed by atoms with van der Waals surface area (Å²) in [6, 6.07) is 7.25. The van der Waals surface area contributed by atoms with E-state index in [2.05, 4.69) is 27.3 Å². The van der Waals surface area contributed by atoms with Crippen molar-refractivity contribution in [1.82, 2.24) is 10.6 Å². The van der Waals surface area contributed by atoms with Crippen molar-refractivity contribution in [2.45, 2.75) is 32.7 Å². The van der Waals surface area contributed by atoms with Gasteiger partial charge in [0.05, 0.1) is 6.61 Å². The fraction of sp³-hybridized carbons (Fsp3) is 0.533. The molecule has 7 heteroatoms. The second kappa shape index (κ2) is 9.30. The van der Waals surface area contributed by atoms with Crippen molar-refractivity contribution in [3.8, 4) is 0 Å². The SMILES string of the molecule is CCCNC(=NC)NCc1cccc(COCC(F)(F)F)c1. The van der Waals surface area contributed by atoms with Crippen LogP contribution in [-0.4, -0.2) is 32.3 Å². The number of benzene rings is 1. The number of aliphatic imine (C=N–C) groups is 1. The first kappa shape index (κ1) is 18.3. The molecule has 0 aromatic heterocycles. The fourth-order valence-corrected chi connectivity index (χ4v) is 1.76. The average molecular weight is 317 g/mol. The molecule has 0 unspecified atom stereocenters. The summed E-state index contributed by atoms with van der Waals surface area (Å²) in [6.45, 7) is 2.13. The summed E-state index contributed by atoms with van der Waals surface area (Å²) in [5, 5.41) is 6.29. The van der Waals surface area contributed by atoms with Gasteiger partial charge in [0, 0.05) is 20.1 Å². The van der Waals surface area contributed by atoms with Gasteiger partial charge in [0.15, 0.2) is 5.96 Å². The van der Waals surface area contributed by atoms with Crippen LogP contribution in [0.25, 0.3) is 0 Å². The number of alkyl halides is 3. The van der Waals surface area contributed by atoms with Crippen LogP contribution in [0.1, 0.15) is 24.5 Å². The van der Waals surface area contributed by atoms with Crippen LogP contribution < -0.4 is 10.6 Å². The molecule has 0 atom stereocenters. The molecule has 4 nitrogen and oxygen atoms in total. The van der Waals surface area contributed by atoms with E-state index in [1.165, 1.54) is 0 Å². The van der Waals surface area contributed by atoms with Crippen LogP contribution in [0, 0.1) is 0 Å². The van der Waals surface area contributed by atoms with Gasteiger partial charge in [0.1, 0.15) is 6.61 Å². The van der Waals surface area contributed by atoms with E-state index >= 15 is 0 Å². The Labute approximate surface area is 128 Å². The molecule has 0 radical (unpaired) electrons. The summed E-state index contributed by atoms with van der Waals surface area (Å²) in [7, 11) is 1.69. The van der Waals surface area contributed by atoms with Gasteiger partial charge >= 0.3 is 6.18 Å². The summed E-state index contributed by atoms with van der Waals surface area (Å²) >= 11 is 0. The summed E-state index contributed by atoms with van der Waals surface area (Å²) in [4.78, 5) is 4.08. The summed E-state index contributed by atoms with van der Waals surface area (Å²) in [5.74, 6) is 0.695. The lowest BCUT2D eigenvalue weighted by atomic mass is 10.1. The molecule has 0 aliphatic heterocycles. The van der Waals surface area contributed by atoms with Crippen molar-refractivity contribution in [2.75, 3.05) is 20.2 Å². The number of hydrogen-bond acceptors (Lipinski definition) is 2. The molecule has 0 aliphatic rings. The van der Waals surface area contributed by atoms with Gasteiger partial charge in [-0.3, -0.25) is 4.99 Å². The second-order valence-corrected chi connectivity index (χ2v) is 4.78. The molecule has 0 fully saturated rings. The number of ether oxygens (including phenoxy) is 1. The second-order valence-electron chi connectivity index (χ2n) is 4.78. The molecule has 0 amide bonds. The number of nitrogens with zero attached hydrogens (tertiary/aromatic N) is 1. The van der Waals surface area contributed by atoms with Crippen LogP contribution in [0.3, 0.4) is 0 Å². The smallest absolute Gasteiger partial charge is 0.367 e. The highest BCUT2D eigenvalue weighted by Gasteiger charge is 2.27. The third-order valence-corrected chi connectivity index (χ3v) is 2.75. The molecular formula is C15H22F3N3O. The van der Waals surface area contributed by atoms with Crippen LogP contribution in [0.5, 0.6) is 0 Å². The Hall–Kier alpha value is -1.76. The fourth-order valence-electron chi connectivity index (χ4n) is 1.76. The number of hydrogen-bond donors (Lipinski definition) is 2. The predicted octanol–water partition coefficient (Wildman–Crippen LogP) is 2.84. The van der Waals surface area contributed by atoms with Crippen LogP contribution in [-0.2, 0) is 17.9 Å². The van der Waals surface area contributed by atoms with Gasteiger partial charge in [-0.2, -0.15) is 13.2 Å². The Balaban J connectivity index is 2.46. The summed E-state index contributed by atoms with van der Waals surface area (Å²) in [5.41, 5.74) is 1.66. The van der Waals surface area contributed by atoms with Gasteiger partial charge in [-0.05, 0) is 17.5 Å². The number of rotatable bonds is 7. The van der Waals surface area contributed by atoms with E-state index < -0.39 is 12.8 Å². The lowest BCUT2D eigenvalue weighted by Gasteiger charge is -2.12. The lowest BCUT2D eigenvalue weighted by Crippen LogP contribution is -2.37. The van der Waals surface area contributed by atoms with E-state index in [0.717, 1.165) is 18.5 Å². The molecule has 1 rings (SSSR count). The zero-order chi connectivity index (χ0) is 16.4. The number of guanidine groups is 1. The molecule has 0 aliphatic carbocycles. The van der Waals surface area contributed by atoms with Gasteiger partial charge in [-0.1, -0.05) is 31.2 Å². The van der Waals surface area contributed by atoms with Crippen molar-refractivity contribution in [1.29, 1.82) is 0 Å². The molecule has 124 valence electrons. The molecule has 0 heterocycles. The zero-order valence-corrected chi connectivity index (χ0v) is 12.8. The van der Waals surface area contributed by atoms with Crippen molar-refractivity contribution >= 4 is 5.96 Å². The highest BCUT2D eigenvalue weighted by atomic mass is 19.4. The first-order valence-electron chi connectivity index (χ1n) is 7.11. The minimum absolute atomic E-state index is 0.0594. The van der Waals surface area contributed by atoms with Crippen LogP contribution in [0.4, 0.5) is 13.2 Å². The molecule has 0 saturated heterocycles. The number of nitrogens with one attached hydrogen (secondary N) is 2. The Morgan fingerprint density at radius 2 is 1.95 bits per heavy atom. The maximum Gasteiger partial charge on any atom is 0.411 e. The summed E-state index contributed by atoms with van der Waals surface area (Å²) in [6.07, 6.45) is -3.30. The van der Waals surface area contributed by atoms with Crippen LogP contribution in [0.15, 0.2) is 29.3 Å². The molecule has 1 aromatic rings. The van der Waals surface area contributed by atoms with Gasteiger partial charge in [-0.25, -0.2) is 0 Å². The van der Waals surface area contributed by atoms with E-state index in [1.54, 1.807) is 19.2 Å². The lowest BCUT2D eigenvalue weighted by molar-refractivity contribution is -0.176.